The third-order valence-corrected chi connectivity index (χ3v) is 6.12. The lowest BCUT2D eigenvalue weighted by molar-refractivity contribution is -0.124. The highest BCUT2D eigenvalue weighted by Crippen LogP contribution is 2.28. The number of hydrogen-bond donors (Lipinski definition) is 2. The number of nitrogens with one attached hydrogen (secondary N) is 2. The van der Waals surface area contributed by atoms with Crippen molar-refractivity contribution in [2.75, 3.05) is 13.1 Å². The summed E-state index contributed by atoms with van der Waals surface area (Å²) < 4.78 is 7.79. The second-order valence-electron chi connectivity index (χ2n) is 9.89. The Hall–Kier alpha value is -4.39. The fourth-order valence-corrected chi connectivity index (χ4v) is 4.27. The van der Waals surface area contributed by atoms with Crippen LogP contribution in [-0.2, 0) is 4.79 Å². The average molecular weight is 511 g/mol. The molecular formula is C31H34N4O3. The van der Waals surface area contributed by atoms with Crippen molar-refractivity contribution in [2.24, 2.45) is 0 Å². The van der Waals surface area contributed by atoms with Crippen molar-refractivity contribution in [3.63, 3.8) is 0 Å². The van der Waals surface area contributed by atoms with E-state index in [1.54, 1.807) is 4.68 Å². The maximum atomic E-state index is 13.1. The molecule has 0 aliphatic heterocycles. The van der Waals surface area contributed by atoms with Gasteiger partial charge < -0.3 is 15.4 Å². The quantitative estimate of drug-likeness (QED) is 0.286. The van der Waals surface area contributed by atoms with Crippen molar-refractivity contribution in [3.8, 4) is 22.7 Å². The summed E-state index contributed by atoms with van der Waals surface area (Å²) in [5, 5.41) is 10.4. The van der Waals surface area contributed by atoms with Crippen LogP contribution >= 0.6 is 0 Å². The van der Waals surface area contributed by atoms with E-state index in [1.807, 2.05) is 113 Å². The van der Waals surface area contributed by atoms with Crippen LogP contribution < -0.4 is 15.4 Å². The Bertz CT molecular complexity index is 1380. The fraction of sp³-hybridized carbons (Fsp3) is 0.258. The highest BCUT2D eigenvalue weighted by atomic mass is 16.5. The van der Waals surface area contributed by atoms with Gasteiger partial charge in [0.2, 0.25) is 5.91 Å². The molecule has 7 nitrogen and oxygen atoms in total. The first-order chi connectivity index (χ1) is 18.2. The number of para-hydroxylation sites is 1. The van der Waals surface area contributed by atoms with Crippen LogP contribution in [0, 0.1) is 13.8 Å². The minimum absolute atomic E-state index is 0.146. The maximum absolute atomic E-state index is 13.1. The zero-order valence-electron chi connectivity index (χ0n) is 22.3. The molecule has 0 saturated heterocycles. The number of ether oxygens (including phenoxy) is 1. The molecule has 0 radical (unpaired) electrons. The van der Waals surface area contributed by atoms with Crippen LogP contribution in [0.3, 0.4) is 0 Å². The summed E-state index contributed by atoms with van der Waals surface area (Å²) in [5.41, 5.74) is 4.33. The van der Waals surface area contributed by atoms with Crippen LogP contribution in [0.5, 0.6) is 5.75 Å². The zero-order valence-corrected chi connectivity index (χ0v) is 22.3. The highest BCUT2D eigenvalue weighted by Gasteiger charge is 2.24. The Labute approximate surface area is 223 Å². The summed E-state index contributed by atoms with van der Waals surface area (Å²) in [5.74, 6) is 0.291. The lowest BCUT2D eigenvalue weighted by atomic mass is 10.0. The van der Waals surface area contributed by atoms with Crippen LogP contribution in [0.15, 0.2) is 84.9 Å². The van der Waals surface area contributed by atoms with Gasteiger partial charge in [-0.2, -0.15) is 5.10 Å². The molecule has 3 aromatic carbocycles. The maximum Gasteiger partial charge on any atom is 0.272 e. The third-order valence-electron chi connectivity index (χ3n) is 6.12. The van der Waals surface area contributed by atoms with Gasteiger partial charge in [0.25, 0.3) is 5.91 Å². The van der Waals surface area contributed by atoms with E-state index in [9.17, 15) is 9.59 Å². The highest BCUT2D eigenvalue weighted by molar-refractivity contribution is 5.95. The van der Waals surface area contributed by atoms with E-state index in [-0.39, 0.29) is 24.8 Å². The van der Waals surface area contributed by atoms with Crippen molar-refractivity contribution in [1.82, 2.24) is 20.4 Å². The van der Waals surface area contributed by atoms with E-state index < -0.39 is 5.60 Å². The standard InChI is InChI=1S/C31H34N4O3/c1-22-15-17-26(18-16-22)38-31(3,4)21-27(36)32-19-20-33-30(37)28-23(2)29(24-11-7-5-8-12-24)35(34-28)25-13-9-6-10-14-25/h5-18H,19-21H2,1-4H3,(H,32,36)(H,33,37). The molecule has 0 fully saturated rings. The first kappa shape index (κ1) is 26.7. The van der Waals surface area contributed by atoms with E-state index in [0.29, 0.717) is 12.2 Å². The smallest absolute Gasteiger partial charge is 0.272 e. The Balaban J connectivity index is 1.36. The number of hydrogen-bond acceptors (Lipinski definition) is 4. The van der Waals surface area contributed by atoms with Gasteiger partial charge in [-0.3, -0.25) is 9.59 Å². The van der Waals surface area contributed by atoms with E-state index in [4.69, 9.17) is 4.74 Å². The van der Waals surface area contributed by atoms with Crippen molar-refractivity contribution < 1.29 is 14.3 Å². The van der Waals surface area contributed by atoms with Crippen molar-refractivity contribution in [3.05, 3.63) is 102 Å². The summed E-state index contributed by atoms with van der Waals surface area (Å²) >= 11 is 0. The van der Waals surface area contributed by atoms with Gasteiger partial charge in [0.1, 0.15) is 11.4 Å². The molecule has 0 spiro atoms. The molecule has 2 amide bonds. The molecule has 0 aliphatic carbocycles. The molecule has 196 valence electrons. The second kappa shape index (κ2) is 11.8. The predicted molar refractivity (Wildman–Crippen MR) is 150 cm³/mol. The molecular weight excluding hydrogens is 476 g/mol. The van der Waals surface area contributed by atoms with Gasteiger partial charge in [0, 0.05) is 24.2 Å². The zero-order chi connectivity index (χ0) is 27.1. The first-order valence-corrected chi connectivity index (χ1v) is 12.7. The van der Waals surface area contributed by atoms with Gasteiger partial charge >= 0.3 is 0 Å². The molecule has 2 N–H and O–H groups in total. The Morgan fingerprint density at radius 2 is 1.45 bits per heavy atom. The predicted octanol–water partition coefficient (Wildman–Crippen LogP) is 5.25. The molecule has 7 heteroatoms. The van der Waals surface area contributed by atoms with E-state index in [0.717, 1.165) is 33.8 Å². The Kier molecular flexibility index (Phi) is 8.26. The number of benzene rings is 3. The molecule has 38 heavy (non-hydrogen) atoms. The summed E-state index contributed by atoms with van der Waals surface area (Å²) in [7, 11) is 0. The van der Waals surface area contributed by atoms with Crippen LogP contribution in [0.25, 0.3) is 16.9 Å². The van der Waals surface area contributed by atoms with Crippen LogP contribution in [0.2, 0.25) is 0 Å². The molecule has 0 atom stereocenters. The Morgan fingerprint density at radius 3 is 2.11 bits per heavy atom. The second-order valence-corrected chi connectivity index (χ2v) is 9.89. The SMILES string of the molecule is Cc1ccc(OC(C)(C)CC(=O)NCCNC(=O)c2nn(-c3ccccc3)c(-c3ccccc3)c2C)cc1. The van der Waals surface area contributed by atoms with Gasteiger partial charge in [0.15, 0.2) is 5.69 Å². The number of amides is 2. The molecule has 1 heterocycles. The lowest BCUT2D eigenvalue weighted by Crippen LogP contribution is -2.40. The Morgan fingerprint density at radius 1 is 0.842 bits per heavy atom. The largest absolute Gasteiger partial charge is 0.487 e. The number of carbonyl (C=O) groups excluding carboxylic acids is 2. The molecule has 4 aromatic rings. The molecule has 0 aliphatic rings. The molecule has 0 bridgehead atoms. The van der Waals surface area contributed by atoms with Gasteiger partial charge in [-0.25, -0.2) is 4.68 Å². The fourth-order valence-electron chi connectivity index (χ4n) is 4.27. The van der Waals surface area contributed by atoms with E-state index >= 15 is 0 Å². The van der Waals surface area contributed by atoms with Crippen molar-refractivity contribution in [1.29, 1.82) is 0 Å². The van der Waals surface area contributed by atoms with E-state index in [1.165, 1.54) is 0 Å². The van der Waals surface area contributed by atoms with Crippen molar-refractivity contribution in [2.45, 2.75) is 39.7 Å². The monoisotopic (exact) mass is 510 g/mol. The summed E-state index contributed by atoms with van der Waals surface area (Å²) in [6.45, 7) is 8.26. The summed E-state index contributed by atoms with van der Waals surface area (Å²) in [6, 6.07) is 27.4. The van der Waals surface area contributed by atoms with Crippen LogP contribution in [0.4, 0.5) is 0 Å². The topological polar surface area (TPSA) is 85.2 Å². The third kappa shape index (κ3) is 6.68. The van der Waals surface area contributed by atoms with Gasteiger partial charge in [-0.1, -0.05) is 66.2 Å². The number of rotatable bonds is 10. The summed E-state index contributed by atoms with van der Waals surface area (Å²) in [6.07, 6.45) is 0.190. The normalized spacial score (nSPS) is 11.2. The molecule has 4 rings (SSSR count). The number of aromatic nitrogens is 2. The van der Waals surface area contributed by atoms with Crippen LogP contribution in [0.1, 0.15) is 41.9 Å². The minimum Gasteiger partial charge on any atom is -0.487 e. The lowest BCUT2D eigenvalue weighted by Gasteiger charge is -2.26. The molecule has 1 aromatic heterocycles. The molecule has 0 unspecified atom stereocenters. The van der Waals surface area contributed by atoms with Gasteiger partial charge in [-0.15, -0.1) is 0 Å². The van der Waals surface area contributed by atoms with E-state index in [2.05, 4.69) is 15.7 Å². The molecule has 0 saturated carbocycles. The van der Waals surface area contributed by atoms with Gasteiger partial charge in [-0.05, 0) is 52.0 Å². The number of nitrogens with zero attached hydrogens (tertiary/aromatic N) is 2. The average Bonchev–Trinajstić information content (AvgIpc) is 3.25. The van der Waals surface area contributed by atoms with Crippen molar-refractivity contribution >= 4 is 11.8 Å². The number of aryl methyl sites for hydroxylation is 1. The van der Waals surface area contributed by atoms with Gasteiger partial charge in [0.05, 0.1) is 17.8 Å². The van der Waals surface area contributed by atoms with Crippen LogP contribution in [-0.4, -0.2) is 40.3 Å². The number of carbonyl (C=O) groups is 2. The first-order valence-electron chi connectivity index (χ1n) is 12.7. The summed E-state index contributed by atoms with van der Waals surface area (Å²) in [4.78, 5) is 25.6. The minimum atomic E-state index is -0.669.